The number of aliphatic hydroxyl groups excluding tert-OH is 1. The van der Waals surface area contributed by atoms with Gasteiger partial charge in [-0.3, -0.25) is 0 Å². The summed E-state index contributed by atoms with van der Waals surface area (Å²) in [7, 11) is 0. The van der Waals surface area contributed by atoms with Crippen LogP contribution < -0.4 is 5.32 Å². The van der Waals surface area contributed by atoms with E-state index in [1.54, 1.807) is 0 Å². The Bertz CT molecular complexity index is 302. The summed E-state index contributed by atoms with van der Waals surface area (Å²) in [5.41, 5.74) is 1.20. The van der Waals surface area contributed by atoms with Crippen LogP contribution in [0.3, 0.4) is 0 Å². The van der Waals surface area contributed by atoms with Crippen molar-refractivity contribution >= 4 is 24.0 Å². The van der Waals surface area contributed by atoms with Crippen molar-refractivity contribution in [1.29, 1.82) is 0 Å². The summed E-state index contributed by atoms with van der Waals surface area (Å²) in [6, 6.07) is 8.07. The standard InChI is InChI=1S/C11H14ClNO.ClH/c12-9-3-1-8(2-4-9)11-7-10(14)5-6-13-11;/h1-4,10-11,13-14H,5-7H2;1H. The van der Waals surface area contributed by atoms with Gasteiger partial charge >= 0.3 is 0 Å². The largest absolute Gasteiger partial charge is 0.393 e. The third kappa shape index (κ3) is 3.35. The number of halogens is 2. The molecule has 0 spiro atoms. The zero-order valence-electron chi connectivity index (χ0n) is 8.32. The molecule has 2 unspecified atom stereocenters. The molecule has 0 bridgehead atoms. The van der Waals surface area contributed by atoms with E-state index >= 15 is 0 Å². The van der Waals surface area contributed by atoms with Gasteiger partial charge in [0, 0.05) is 11.1 Å². The van der Waals surface area contributed by atoms with Crippen LogP contribution in [0, 0.1) is 0 Å². The van der Waals surface area contributed by atoms with Crippen LogP contribution in [-0.2, 0) is 0 Å². The van der Waals surface area contributed by atoms with E-state index in [9.17, 15) is 5.11 Å². The molecule has 1 aromatic rings. The van der Waals surface area contributed by atoms with Crippen LogP contribution >= 0.6 is 24.0 Å². The Hall–Kier alpha value is -0.280. The molecule has 2 nitrogen and oxygen atoms in total. The third-order valence-electron chi connectivity index (χ3n) is 2.65. The van der Waals surface area contributed by atoms with Gasteiger partial charge in [-0.25, -0.2) is 0 Å². The first-order valence-electron chi connectivity index (χ1n) is 4.92. The van der Waals surface area contributed by atoms with Gasteiger partial charge in [-0.2, -0.15) is 0 Å². The predicted molar refractivity (Wildman–Crippen MR) is 64.7 cm³/mol. The number of piperidine rings is 1. The van der Waals surface area contributed by atoms with Crippen molar-refractivity contribution < 1.29 is 5.11 Å². The van der Waals surface area contributed by atoms with Crippen LogP contribution in [0.25, 0.3) is 0 Å². The summed E-state index contributed by atoms with van der Waals surface area (Å²) >= 11 is 5.81. The Labute approximate surface area is 101 Å². The van der Waals surface area contributed by atoms with Gasteiger partial charge in [0.15, 0.2) is 0 Å². The molecule has 1 saturated heterocycles. The zero-order chi connectivity index (χ0) is 9.97. The molecule has 0 amide bonds. The molecule has 15 heavy (non-hydrogen) atoms. The van der Waals surface area contributed by atoms with Crippen molar-refractivity contribution in [1.82, 2.24) is 5.32 Å². The maximum Gasteiger partial charge on any atom is 0.0570 e. The molecule has 1 heterocycles. The molecule has 2 rings (SSSR count). The zero-order valence-corrected chi connectivity index (χ0v) is 9.89. The lowest BCUT2D eigenvalue weighted by Crippen LogP contribution is -2.34. The van der Waals surface area contributed by atoms with Crippen LogP contribution in [0.4, 0.5) is 0 Å². The van der Waals surface area contributed by atoms with E-state index in [0.29, 0.717) is 0 Å². The van der Waals surface area contributed by atoms with Crippen molar-refractivity contribution in [2.75, 3.05) is 6.54 Å². The number of nitrogens with one attached hydrogen (secondary N) is 1. The topological polar surface area (TPSA) is 32.3 Å². The fourth-order valence-electron chi connectivity index (χ4n) is 1.85. The van der Waals surface area contributed by atoms with E-state index in [1.807, 2.05) is 24.3 Å². The highest BCUT2D eigenvalue weighted by molar-refractivity contribution is 6.30. The summed E-state index contributed by atoms with van der Waals surface area (Å²) in [5, 5.41) is 13.7. The van der Waals surface area contributed by atoms with Gasteiger partial charge in [-0.05, 0) is 37.1 Å². The molecule has 2 N–H and O–H groups in total. The fraction of sp³-hybridized carbons (Fsp3) is 0.455. The Morgan fingerprint density at radius 1 is 1.27 bits per heavy atom. The second-order valence-corrected chi connectivity index (χ2v) is 4.17. The van der Waals surface area contributed by atoms with Crippen molar-refractivity contribution in [2.24, 2.45) is 0 Å². The first-order chi connectivity index (χ1) is 6.75. The molecule has 1 aromatic carbocycles. The van der Waals surface area contributed by atoms with Gasteiger partial charge in [0.05, 0.1) is 6.10 Å². The summed E-state index contributed by atoms with van der Waals surface area (Å²) in [4.78, 5) is 0. The van der Waals surface area contributed by atoms with Gasteiger partial charge in [0.2, 0.25) is 0 Å². The summed E-state index contributed by atoms with van der Waals surface area (Å²) in [6.07, 6.45) is 1.48. The highest BCUT2D eigenvalue weighted by Crippen LogP contribution is 2.24. The number of hydrogen-bond acceptors (Lipinski definition) is 2. The van der Waals surface area contributed by atoms with Crippen molar-refractivity contribution in [3.05, 3.63) is 34.9 Å². The number of benzene rings is 1. The SMILES string of the molecule is Cl.OC1CCNC(c2ccc(Cl)cc2)C1. The normalized spacial score (nSPS) is 25.7. The lowest BCUT2D eigenvalue weighted by Gasteiger charge is -2.27. The third-order valence-corrected chi connectivity index (χ3v) is 2.90. The maximum absolute atomic E-state index is 9.53. The molecular weight excluding hydrogens is 233 g/mol. The summed E-state index contributed by atoms with van der Waals surface area (Å²) in [6.45, 7) is 0.883. The highest BCUT2D eigenvalue weighted by atomic mass is 35.5. The average Bonchev–Trinajstić information content (AvgIpc) is 2.19. The molecular formula is C11H15Cl2NO. The molecule has 0 aliphatic carbocycles. The monoisotopic (exact) mass is 247 g/mol. The second kappa shape index (κ2) is 5.71. The summed E-state index contributed by atoms with van der Waals surface area (Å²) < 4.78 is 0. The van der Waals surface area contributed by atoms with Gasteiger partial charge < -0.3 is 10.4 Å². The number of rotatable bonds is 1. The van der Waals surface area contributed by atoms with Crippen LogP contribution in [0.2, 0.25) is 5.02 Å². The van der Waals surface area contributed by atoms with E-state index < -0.39 is 0 Å². The van der Waals surface area contributed by atoms with E-state index in [4.69, 9.17) is 11.6 Å². The van der Waals surface area contributed by atoms with E-state index in [0.717, 1.165) is 24.4 Å². The van der Waals surface area contributed by atoms with Crippen molar-refractivity contribution in [3.8, 4) is 0 Å². The Balaban J connectivity index is 0.00000112. The lowest BCUT2D eigenvalue weighted by atomic mass is 9.96. The molecule has 0 radical (unpaired) electrons. The highest BCUT2D eigenvalue weighted by Gasteiger charge is 2.20. The second-order valence-electron chi connectivity index (χ2n) is 3.74. The minimum atomic E-state index is -0.170. The molecule has 0 aromatic heterocycles. The van der Waals surface area contributed by atoms with Crippen LogP contribution in [-0.4, -0.2) is 17.8 Å². The molecule has 4 heteroatoms. The van der Waals surface area contributed by atoms with E-state index in [1.165, 1.54) is 5.56 Å². The molecule has 2 atom stereocenters. The molecule has 1 fully saturated rings. The number of aliphatic hydroxyl groups is 1. The smallest absolute Gasteiger partial charge is 0.0570 e. The van der Waals surface area contributed by atoms with Crippen LogP contribution in [0.5, 0.6) is 0 Å². The lowest BCUT2D eigenvalue weighted by molar-refractivity contribution is 0.117. The Morgan fingerprint density at radius 3 is 2.53 bits per heavy atom. The van der Waals surface area contributed by atoms with E-state index in [-0.39, 0.29) is 24.6 Å². The average molecular weight is 248 g/mol. The Morgan fingerprint density at radius 2 is 1.93 bits per heavy atom. The van der Waals surface area contributed by atoms with Gasteiger partial charge in [-0.1, -0.05) is 23.7 Å². The van der Waals surface area contributed by atoms with Gasteiger partial charge in [0.25, 0.3) is 0 Å². The summed E-state index contributed by atoms with van der Waals surface area (Å²) in [5.74, 6) is 0. The first-order valence-corrected chi connectivity index (χ1v) is 5.30. The van der Waals surface area contributed by atoms with Gasteiger partial charge in [0.1, 0.15) is 0 Å². The minimum absolute atomic E-state index is 0. The van der Waals surface area contributed by atoms with Crippen LogP contribution in [0.15, 0.2) is 24.3 Å². The van der Waals surface area contributed by atoms with E-state index in [2.05, 4.69) is 5.32 Å². The number of hydrogen-bond donors (Lipinski definition) is 2. The quantitative estimate of drug-likeness (QED) is 0.800. The maximum atomic E-state index is 9.53. The fourth-order valence-corrected chi connectivity index (χ4v) is 1.97. The molecule has 84 valence electrons. The first kappa shape index (κ1) is 12.8. The van der Waals surface area contributed by atoms with Gasteiger partial charge in [-0.15, -0.1) is 12.4 Å². The van der Waals surface area contributed by atoms with Crippen molar-refractivity contribution in [2.45, 2.75) is 25.0 Å². The molecule has 1 aliphatic heterocycles. The molecule has 0 saturated carbocycles. The Kier molecular flexibility index (Phi) is 4.87. The predicted octanol–water partition coefficient (Wildman–Crippen LogP) is 2.55. The molecule has 1 aliphatic rings. The van der Waals surface area contributed by atoms with Crippen LogP contribution in [0.1, 0.15) is 24.4 Å². The van der Waals surface area contributed by atoms with Crippen molar-refractivity contribution in [3.63, 3.8) is 0 Å². The minimum Gasteiger partial charge on any atom is -0.393 e.